The van der Waals surface area contributed by atoms with E-state index in [9.17, 15) is 10.2 Å². The Morgan fingerprint density at radius 1 is 0.875 bits per heavy atom. The van der Waals surface area contributed by atoms with Crippen LogP contribution in [0.1, 0.15) is 29.0 Å². The van der Waals surface area contributed by atoms with E-state index in [-0.39, 0.29) is 5.92 Å². The van der Waals surface area contributed by atoms with Crippen molar-refractivity contribution in [3.8, 4) is 23.0 Å². The lowest BCUT2D eigenvalue weighted by molar-refractivity contribution is -0.150. The third-order valence-electron chi connectivity index (χ3n) is 6.87. The van der Waals surface area contributed by atoms with Gasteiger partial charge in [0.1, 0.15) is 23.0 Å². The second kappa shape index (κ2) is 7.43. The summed E-state index contributed by atoms with van der Waals surface area (Å²) in [4.78, 5) is 0. The van der Waals surface area contributed by atoms with Crippen LogP contribution in [0.25, 0.3) is 0 Å². The molecule has 1 aliphatic carbocycles. The largest absolute Gasteiger partial charge is 0.497 e. The van der Waals surface area contributed by atoms with Crippen molar-refractivity contribution in [3.05, 3.63) is 83.4 Å². The van der Waals surface area contributed by atoms with Gasteiger partial charge in [0.2, 0.25) is 0 Å². The normalized spacial score (nSPS) is 27.9. The van der Waals surface area contributed by atoms with E-state index >= 15 is 0 Å². The van der Waals surface area contributed by atoms with E-state index < -0.39 is 17.3 Å². The van der Waals surface area contributed by atoms with E-state index in [1.54, 1.807) is 26.4 Å². The van der Waals surface area contributed by atoms with Crippen molar-refractivity contribution in [3.63, 3.8) is 0 Å². The average molecular weight is 434 g/mol. The minimum absolute atomic E-state index is 0.319. The molecule has 0 aromatic heterocycles. The van der Waals surface area contributed by atoms with Gasteiger partial charge in [-0.1, -0.05) is 42.5 Å². The molecule has 2 N–H and O–H groups in total. The molecule has 3 aromatic carbocycles. The van der Waals surface area contributed by atoms with Crippen LogP contribution in [0.5, 0.6) is 23.0 Å². The van der Waals surface area contributed by atoms with Gasteiger partial charge in [-0.15, -0.1) is 0 Å². The van der Waals surface area contributed by atoms with E-state index in [2.05, 4.69) is 0 Å². The number of aliphatic hydroxyl groups is 2. The van der Waals surface area contributed by atoms with Gasteiger partial charge in [0.15, 0.2) is 11.2 Å². The summed E-state index contributed by atoms with van der Waals surface area (Å²) in [5.41, 5.74) is -0.875. The maximum atomic E-state index is 12.4. The van der Waals surface area contributed by atoms with E-state index in [1.807, 2.05) is 54.6 Å². The zero-order valence-electron chi connectivity index (χ0n) is 18.2. The first-order valence-electron chi connectivity index (χ1n) is 10.5. The second-order valence-electron chi connectivity index (χ2n) is 8.25. The Bertz CT molecular complexity index is 1130. The number of fused-ring (bicyclic) bond motifs is 3. The number of rotatable bonds is 5. The summed E-state index contributed by atoms with van der Waals surface area (Å²) in [6.45, 7) is 0. The summed E-state index contributed by atoms with van der Waals surface area (Å²) in [5, 5.41) is 23.7. The lowest BCUT2D eigenvalue weighted by Crippen LogP contribution is -2.52. The van der Waals surface area contributed by atoms with Crippen LogP contribution in [0, 0.1) is 0 Å². The van der Waals surface area contributed by atoms with Crippen LogP contribution in [0.4, 0.5) is 0 Å². The molecule has 5 rings (SSSR count). The van der Waals surface area contributed by atoms with Crippen LogP contribution in [0.15, 0.2) is 66.7 Å². The Morgan fingerprint density at radius 2 is 1.56 bits per heavy atom. The van der Waals surface area contributed by atoms with Crippen LogP contribution in [-0.4, -0.2) is 37.6 Å². The molecular formula is C26H26O6. The SMILES string of the molecule is COc1ccc([C@@]23Oc4cc(OC)cc(OC)c4[C@]2(O)[C@@H](O)C[C@H]3c2ccccc2)cc1. The van der Waals surface area contributed by atoms with Crippen LogP contribution >= 0.6 is 0 Å². The lowest BCUT2D eigenvalue weighted by Gasteiger charge is -2.40. The van der Waals surface area contributed by atoms with Gasteiger partial charge in [0.05, 0.1) is 33.0 Å². The van der Waals surface area contributed by atoms with Gasteiger partial charge in [0, 0.05) is 18.1 Å². The Labute approximate surface area is 186 Å². The molecule has 0 unspecified atom stereocenters. The first-order chi connectivity index (χ1) is 15.5. The highest BCUT2D eigenvalue weighted by molar-refractivity contribution is 5.62. The summed E-state index contributed by atoms with van der Waals surface area (Å²) in [6, 6.07) is 20.7. The maximum absolute atomic E-state index is 12.4. The van der Waals surface area contributed by atoms with E-state index in [0.717, 1.165) is 11.1 Å². The van der Waals surface area contributed by atoms with Gasteiger partial charge in [-0.05, 0) is 29.7 Å². The molecule has 1 heterocycles. The zero-order chi connectivity index (χ0) is 22.5. The van der Waals surface area contributed by atoms with Crippen molar-refractivity contribution in [2.75, 3.05) is 21.3 Å². The summed E-state index contributed by atoms with van der Waals surface area (Å²) in [5.74, 6) is 1.75. The molecule has 1 aliphatic heterocycles. The topological polar surface area (TPSA) is 77.4 Å². The monoisotopic (exact) mass is 434 g/mol. The van der Waals surface area contributed by atoms with Crippen LogP contribution in [0.3, 0.4) is 0 Å². The highest BCUT2D eigenvalue weighted by atomic mass is 16.5. The smallest absolute Gasteiger partial charge is 0.176 e. The van der Waals surface area contributed by atoms with Gasteiger partial charge in [-0.2, -0.15) is 0 Å². The minimum atomic E-state index is -1.74. The lowest BCUT2D eigenvalue weighted by atomic mass is 9.71. The summed E-state index contributed by atoms with van der Waals surface area (Å²) in [6.07, 6.45) is -0.764. The molecule has 0 spiro atoms. The first kappa shape index (κ1) is 20.7. The molecular weight excluding hydrogens is 408 g/mol. The molecule has 166 valence electrons. The van der Waals surface area contributed by atoms with Gasteiger partial charge in [-0.25, -0.2) is 0 Å². The summed E-state index contributed by atoms with van der Waals surface area (Å²) >= 11 is 0. The maximum Gasteiger partial charge on any atom is 0.176 e. The molecule has 0 amide bonds. The average Bonchev–Trinajstić information content (AvgIpc) is 3.24. The molecule has 6 heteroatoms. The van der Waals surface area contributed by atoms with Crippen LogP contribution in [-0.2, 0) is 11.2 Å². The third-order valence-corrected chi connectivity index (χ3v) is 6.87. The minimum Gasteiger partial charge on any atom is -0.497 e. The summed E-state index contributed by atoms with van der Waals surface area (Å²) < 4.78 is 23.1. The van der Waals surface area contributed by atoms with Gasteiger partial charge in [-0.3, -0.25) is 0 Å². The van der Waals surface area contributed by atoms with E-state index in [1.165, 1.54) is 7.11 Å². The van der Waals surface area contributed by atoms with Crippen molar-refractivity contribution in [2.45, 2.75) is 29.6 Å². The number of ether oxygens (including phenoxy) is 4. The molecule has 1 saturated carbocycles. The van der Waals surface area contributed by atoms with Gasteiger partial charge >= 0.3 is 0 Å². The number of hydrogen-bond acceptors (Lipinski definition) is 6. The number of benzene rings is 3. The molecule has 3 aromatic rings. The van der Waals surface area contributed by atoms with Crippen LogP contribution in [0.2, 0.25) is 0 Å². The Hall–Kier alpha value is -3.22. The van der Waals surface area contributed by atoms with Crippen molar-refractivity contribution in [2.24, 2.45) is 0 Å². The standard InChI is InChI=1S/C26H26O6/c1-29-18-11-9-17(10-12-18)26-20(16-7-5-4-6-8-16)15-23(27)25(26,28)24-21(31-3)13-19(30-2)14-22(24)32-26/h4-14,20,23,27-28H,15H2,1-3H3/t20-,23-,25+,26-/m0/s1. The van der Waals surface area contributed by atoms with Gasteiger partial charge < -0.3 is 29.2 Å². The number of methoxy groups -OCH3 is 3. The zero-order valence-corrected chi connectivity index (χ0v) is 18.2. The van der Waals surface area contributed by atoms with Crippen molar-refractivity contribution in [1.29, 1.82) is 0 Å². The predicted octanol–water partition coefficient (Wildman–Crippen LogP) is 3.74. The first-order valence-corrected chi connectivity index (χ1v) is 10.5. The second-order valence-corrected chi connectivity index (χ2v) is 8.25. The molecule has 1 fully saturated rings. The fourth-order valence-corrected chi connectivity index (χ4v) is 5.42. The van der Waals surface area contributed by atoms with Crippen molar-refractivity contribution in [1.82, 2.24) is 0 Å². The van der Waals surface area contributed by atoms with E-state index in [0.29, 0.717) is 35.0 Å². The fraction of sp³-hybridized carbons (Fsp3) is 0.308. The quantitative estimate of drug-likeness (QED) is 0.637. The summed E-state index contributed by atoms with van der Waals surface area (Å²) in [7, 11) is 4.70. The predicted molar refractivity (Wildman–Crippen MR) is 119 cm³/mol. The van der Waals surface area contributed by atoms with Crippen molar-refractivity contribution >= 4 is 0 Å². The van der Waals surface area contributed by atoms with Crippen LogP contribution < -0.4 is 18.9 Å². The molecule has 2 aliphatic rings. The molecule has 32 heavy (non-hydrogen) atoms. The fourth-order valence-electron chi connectivity index (χ4n) is 5.42. The molecule has 4 atom stereocenters. The Balaban J connectivity index is 1.80. The molecule has 0 radical (unpaired) electrons. The van der Waals surface area contributed by atoms with E-state index in [4.69, 9.17) is 18.9 Å². The molecule has 0 saturated heterocycles. The third kappa shape index (κ3) is 2.60. The number of aliphatic hydroxyl groups excluding tert-OH is 1. The highest BCUT2D eigenvalue weighted by Crippen LogP contribution is 2.68. The Morgan fingerprint density at radius 3 is 2.19 bits per heavy atom. The van der Waals surface area contributed by atoms with Gasteiger partial charge in [0.25, 0.3) is 0 Å². The molecule has 6 nitrogen and oxygen atoms in total. The Kier molecular flexibility index (Phi) is 4.80. The van der Waals surface area contributed by atoms with Crippen molar-refractivity contribution < 1.29 is 29.2 Å². The number of hydrogen-bond donors (Lipinski definition) is 2. The molecule has 0 bridgehead atoms. The highest BCUT2D eigenvalue weighted by Gasteiger charge is 2.73.